The van der Waals surface area contributed by atoms with Crippen LogP contribution in [0.15, 0.2) is 26.7 Å². The van der Waals surface area contributed by atoms with Crippen molar-refractivity contribution in [1.29, 1.82) is 0 Å². The van der Waals surface area contributed by atoms with Crippen LogP contribution in [0.25, 0.3) is 0 Å². The van der Waals surface area contributed by atoms with Gasteiger partial charge in [-0.05, 0) is 31.4 Å². The Kier molecular flexibility index (Phi) is 4.61. The maximum absolute atomic E-state index is 5.91. The van der Waals surface area contributed by atoms with Crippen molar-refractivity contribution < 1.29 is 4.42 Å². The largest absolute Gasteiger partial charge is 0.468 e. The summed E-state index contributed by atoms with van der Waals surface area (Å²) in [6.45, 7) is 6.66. The summed E-state index contributed by atoms with van der Waals surface area (Å²) in [5.41, 5.74) is 9.32. The predicted octanol–water partition coefficient (Wildman–Crippen LogP) is 3.11. The van der Waals surface area contributed by atoms with Gasteiger partial charge in [-0.3, -0.25) is 0 Å². The molecule has 0 aromatic carbocycles. The Balaban J connectivity index is 2.43. The minimum Gasteiger partial charge on any atom is -0.468 e. The minimum absolute atomic E-state index is 0.491. The normalized spacial score (nSPS) is 10.9. The van der Waals surface area contributed by atoms with Gasteiger partial charge in [-0.25, -0.2) is 0 Å². The van der Waals surface area contributed by atoms with Gasteiger partial charge < -0.3 is 10.2 Å². The van der Waals surface area contributed by atoms with Crippen LogP contribution >= 0.6 is 11.8 Å². The van der Waals surface area contributed by atoms with E-state index in [9.17, 15) is 0 Å². The van der Waals surface area contributed by atoms with Gasteiger partial charge >= 0.3 is 0 Å². The molecule has 102 valence electrons. The summed E-state index contributed by atoms with van der Waals surface area (Å²) in [5.74, 6) is 0.896. The minimum atomic E-state index is 0.491. The molecule has 0 atom stereocenters. The highest BCUT2D eigenvalue weighted by molar-refractivity contribution is 7.99. The molecule has 0 amide bonds. The zero-order chi connectivity index (χ0) is 13.8. The summed E-state index contributed by atoms with van der Waals surface area (Å²) in [5, 5.41) is 9.56. The Labute approximate surface area is 117 Å². The van der Waals surface area contributed by atoms with Gasteiger partial charge in [-0.2, -0.15) is 5.10 Å². The molecule has 0 fully saturated rings. The molecule has 0 aliphatic rings. The van der Waals surface area contributed by atoms with Crippen molar-refractivity contribution in [2.24, 2.45) is 5.73 Å². The van der Waals surface area contributed by atoms with Crippen LogP contribution in [-0.2, 0) is 19.4 Å². The molecule has 2 aromatic rings. The average molecular weight is 277 g/mol. The Morgan fingerprint density at radius 2 is 2.00 bits per heavy atom. The predicted molar refractivity (Wildman–Crippen MR) is 76.2 cm³/mol. The van der Waals surface area contributed by atoms with Gasteiger partial charge in [0, 0.05) is 12.1 Å². The van der Waals surface area contributed by atoms with Crippen molar-refractivity contribution in [3.05, 3.63) is 34.9 Å². The van der Waals surface area contributed by atoms with E-state index in [2.05, 4.69) is 24.0 Å². The molecule has 0 spiro atoms. The van der Waals surface area contributed by atoms with Crippen molar-refractivity contribution in [3.8, 4) is 0 Å². The van der Waals surface area contributed by atoms with Crippen LogP contribution in [0.3, 0.4) is 0 Å². The van der Waals surface area contributed by atoms with Crippen LogP contribution in [0.2, 0.25) is 0 Å². The highest BCUT2D eigenvalue weighted by atomic mass is 32.2. The molecule has 2 rings (SSSR count). The molecule has 0 bridgehead atoms. The molecule has 0 aliphatic heterocycles. The first-order valence-corrected chi connectivity index (χ1v) is 7.32. The van der Waals surface area contributed by atoms with E-state index >= 15 is 0 Å². The Morgan fingerprint density at radius 3 is 2.53 bits per heavy atom. The number of rotatable bonds is 5. The van der Waals surface area contributed by atoms with E-state index in [1.54, 1.807) is 18.0 Å². The van der Waals surface area contributed by atoms with Gasteiger partial charge in [0.05, 0.1) is 16.9 Å². The monoisotopic (exact) mass is 277 g/mol. The van der Waals surface area contributed by atoms with Crippen LogP contribution in [0.5, 0.6) is 0 Å². The molecule has 4 nitrogen and oxygen atoms in total. The number of nitrogens with two attached hydrogens (primary N) is 1. The standard InChI is InChI=1S/C14H19N3OS/c1-4-10-11(8-15)14(17-16-12(10)5-2)19-13-6-7-18-9(13)3/h6-7H,4-5,8,15H2,1-3H3. The van der Waals surface area contributed by atoms with Crippen molar-refractivity contribution in [3.63, 3.8) is 0 Å². The van der Waals surface area contributed by atoms with Crippen LogP contribution in [0.4, 0.5) is 0 Å². The Bertz CT molecular complexity index is 566. The molecule has 2 N–H and O–H groups in total. The van der Waals surface area contributed by atoms with Gasteiger partial charge in [0.25, 0.3) is 0 Å². The highest BCUT2D eigenvalue weighted by Crippen LogP contribution is 2.33. The van der Waals surface area contributed by atoms with E-state index in [1.165, 1.54) is 5.56 Å². The maximum Gasteiger partial charge on any atom is 0.128 e. The summed E-state index contributed by atoms with van der Waals surface area (Å²) in [6, 6.07) is 1.95. The van der Waals surface area contributed by atoms with Crippen LogP contribution in [0.1, 0.15) is 36.4 Å². The van der Waals surface area contributed by atoms with E-state index in [1.807, 2.05) is 13.0 Å². The third kappa shape index (κ3) is 2.82. The quantitative estimate of drug-likeness (QED) is 0.909. The molecule has 0 unspecified atom stereocenters. The van der Waals surface area contributed by atoms with Crippen LogP contribution in [-0.4, -0.2) is 10.2 Å². The fourth-order valence-electron chi connectivity index (χ4n) is 2.11. The molecule has 0 radical (unpaired) electrons. The second-order valence-electron chi connectivity index (χ2n) is 4.26. The van der Waals surface area contributed by atoms with Crippen molar-refractivity contribution >= 4 is 11.8 Å². The second-order valence-corrected chi connectivity index (χ2v) is 5.29. The lowest BCUT2D eigenvalue weighted by Gasteiger charge is -2.13. The summed E-state index contributed by atoms with van der Waals surface area (Å²) in [7, 11) is 0. The SMILES string of the molecule is CCc1nnc(Sc2ccoc2C)c(CN)c1CC. The third-order valence-corrected chi connectivity index (χ3v) is 4.31. The van der Waals surface area contributed by atoms with Crippen molar-refractivity contribution in [2.45, 2.75) is 50.1 Å². The van der Waals surface area contributed by atoms with Crippen molar-refractivity contribution in [1.82, 2.24) is 10.2 Å². The first kappa shape index (κ1) is 14.1. The molecule has 0 saturated heterocycles. The van der Waals surface area contributed by atoms with Gasteiger partial charge in [0.15, 0.2) is 0 Å². The lowest BCUT2D eigenvalue weighted by Crippen LogP contribution is -2.10. The fraction of sp³-hybridized carbons (Fsp3) is 0.429. The zero-order valence-corrected chi connectivity index (χ0v) is 12.4. The molecule has 19 heavy (non-hydrogen) atoms. The van der Waals surface area contributed by atoms with E-state index < -0.39 is 0 Å². The Hall–Kier alpha value is -1.33. The van der Waals surface area contributed by atoms with E-state index in [-0.39, 0.29) is 0 Å². The third-order valence-electron chi connectivity index (χ3n) is 3.14. The molecule has 0 aliphatic carbocycles. The Morgan fingerprint density at radius 1 is 1.21 bits per heavy atom. The first-order valence-electron chi connectivity index (χ1n) is 6.50. The van der Waals surface area contributed by atoms with E-state index in [0.29, 0.717) is 6.54 Å². The van der Waals surface area contributed by atoms with E-state index in [0.717, 1.165) is 39.8 Å². The van der Waals surface area contributed by atoms with Gasteiger partial charge in [0.2, 0.25) is 0 Å². The van der Waals surface area contributed by atoms with E-state index in [4.69, 9.17) is 10.2 Å². The van der Waals surface area contributed by atoms with Gasteiger partial charge in [-0.15, -0.1) is 5.10 Å². The number of nitrogens with zero attached hydrogens (tertiary/aromatic N) is 2. The van der Waals surface area contributed by atoms with Crippen molar-refractivity contribution in [2.75, 3.05) is 0 Å². The summed E-state index contributed by atoms with van der Waals surface area (Å²) in [4.78, 5) is 1.07. The van der Waals surface area contributed by atoms with Crippen LogP contribution in [0, 0.1) is 6.92 Å². The molecular formula is C14H19N3OS. The molecule has 5 heteroatoms. The second kappa shape index (κ2) is 6.21. The molecule has 2 aromatic heterocycles. The number of hydrogen-bond donors (Lipinski definition) is 1. The molecule has 2 heterocycles. The average Bonchev–Trinajstić information content (AvgIpc) is 2.83. The fourth-order valence-corrected chi connectivity index (χ4v) is 3.04. The molecule has 0 saturated carbocycles. The zero-order valence-electron chi connectivity index (χ0n) is 11.6. The van der Waals surface area contributed by atoms with Gasteiger partial charge in [0.1, 0.15) is 10.8 Å². The summed E-state index contributed by atoms with van der Waals surface area (Å²) >= 11 is 1.57. The van der Waals surface area contributed by atoms with Crippen LogP contribution < -0.4 is 5.73 Å². The number of furan rings is 1. The smallest absolute Gasteiger partial charge is 0.128 e. The topological polar surface area (TPSA) is 64.9 Å². The number of aryl methyl sites for hydroxylation is 2. The first-order chi connectivity index (χ1) is 9.21. The number of hydrogen-bond acceptors (Lipinski definition) is 5. The highest BCUT2D eigenvalue weighted by Gasteiger charge is 2.15. The van der Waals surface area contributed by atoms with Gasteiger partial charge in [-0.1, -0.05) is 25.6 Å². The lowest BCUT2D eigenvalue weighted by atomic mass is 10.0. The maximum atomic E-state index is 5.91. The summed E-state index contributed by atoms with van der Waals surface area (Å²) in [6.07, 6.45) is 3.51. The number of aromatic nitrogens is 2. The lowest BCUT2D eigenvalue weighted by molar-refractivity contribution is 0.527. The molecular weight excluding hydrogens is 258 g/mol. The summed E-state index contributed by atoms with van der Waals surface area (Å²) < 4.78 is 5.31.